The lowest BCUT2D eigenvalue weighted by Gasteiger charge is -2.37. The highest BCUT2D eigenvalue weighted by molar-refractivity contribution is 7.89. The first kappa shape index (κ1) is 25.2. The van der Waals surface area contributed by atoms with Crippen LogP contribution in [0.3, 0.4) is 0 Å². The third kappa shape index (κ3) is 5.23. The second kappa shape index (κ2) is 10.2. The van der Waals surface area contributed by atoms with Crippen LogP contribution in [0.5, 0.6) is 5.75 Å². The van der Waals surface area contributed by atoms with Crippen molar-refractivity contribution >= 4 is 15.9 Å². The minimum absolute atomic E-state index is 0.00468. The number of sulfonamides is 1. The van der Waals surface area contributed by atoms with Crippen LogP contribution >= 0.6 is 0 Å². The number of hydrogen-bond donors (Lipinski definition) is 1. The lowest BCUT2D eigenvalue weighted by molar-refractivity contribution is -0.131. The summed E-state index contributed by atoms with van der Waals surface area (Å²) >= 11 is 0. The van der Waals surface area contributed by atoms with E-state index in [4.69, 9.17) is 4.74 Å². The zero-order chi connectivity index (χ0) is 24.3. The van der Waals surface area contributed by atoms with E-state index < -0.39 is 22.2 Å². The van der Waals surface area contributed by atoms with Crippen molar-refractivity contribution in [3.63, 3.8) is 0 Å². The van der Waals surface area contributed by atoms with Crippen LogP contribution < -0.4 is 4.74 Å². The number of hydrogen-bond acceptors (Lipinski definition) is 5. The highest BCUT2D eigenvalue weighted by Crippen LogP contribution is 2.37. The summed E-state index contributed by atoms with van der Waals surface area (Å²) in [6.07, 6.45) is -0.0338. The van der Waals surface area contributed by atoms with Crippen LogP contribution in [0.1, 0.15) is 32.8 Å². The van der Waals surface area contributed by atoms with Crippen molar-refractivity contribution < 1.29 is 23.1 Å². The van der Waals surface area contributed by atoms with Crippen LogP contribution in [0.15, 0.2) is 47.4 Å². The Morgan fingerprint density at radius 3 is 2.61 bits per heavy atom. The van der Waals surface area contributed by atoms with Crippen molar-refractivity contribution in [2.24, 2.45) is 5.92 Å². The highest BCUT2D eigenvalue weighted by atomic mass is 32.2. The normalized spacial score (nSPS) is 21.3. The van der Waals surface area contributed by atoms with E-state index in [0.29, 0.717) is 13.0 Å². The number of fused-ring (bicyclic) bond motifs is 1. The Hall–Kier alpha value is -2.42. The van der Waals surface area contributed by atoms with Gasteiger partial charge in [-0.3, -0.25) is 4.79 Å². The molecule has 1 amide bonds. The molecule has 1 aliphatic rings. The van der Waals surface area contributed by atoms with Gasteiger partial charge in [0.15, 0.2) is 0 Å². The fourth-order valence-corrected chi connectivity index (χ4v) is 5.98. The molecule has 0 spiro atoms. The van der Waals surface area contributed by atoms with Gasteiger partial charge < -0.3 is 14.7 Å². The second-order valence-corrected chi connectivity index (χ2v) is 10.7. The van der Waals surface area contributed by atoms with Gasteiger partial charge in [0.2, 0.25) is 15.9 Å². The van der Waals surface area contributed by atoms with E-state index in [1.165, 1.54) is 4.31 Å². The van der Waals surface area contributed by atoms with Gasteiger partial charge in [0.1, 0.15) is 16.7 Å². The Kier molecular flexibility index (Phi) is 7.82. The zero-order valence-electron chi connectivity index (χ0n) is 20.0. The van der Waals surface area contributed by atoms with Crippen molar-refractivity contribution in [1.29, 1.82) is 0 Å². The van der Waals surface area contributed by atoms with Crippen molar-refractivity contribution in [2.45, 2.75) is 51.2 Å². The Labute approximate surface area is 197 Å². The monoisotopic (exact) mass is 474 g/mol. The van der Waals surface area contributed by atoms with Gasteiger partial charge in [0, 0.05) is 32.0 Å². The summed E-state index contributed by atoms with van der Waals surface area (Å²) in [5.41, 5.74) is 2.92. The van der Waals surface area contributed by atoms with Crippen molar-refractivity contribution in [3.8, 4) is 16.9 Å². The summed E-state index contributed by atoms with van der Waals surface area (Å²) in [6, 6.07) is 12.4. The first-order chi connectivity index (χ1) is 15.6. The van der Waals surface area contributed by atoms with Crippen LogP contribution in [0, 0.1) is 12.8 Å². The van der Waals surface area contributed by atoms with Gasteiger partial charge in [0.25, 0.3) is 0 Å². The number of aliphatic hydroxyl groups is 1. The summed E-state index contributed by atoms with van der Waals surface area (Å²) in [5.74, 6) is 0.0471. The predicted molar refractivity (Wildman–Crippen MR) is 129 cm³/mol. The van der Waals surface area contributed by atoms with Crippen LogP contribution in [-0.2, 0) is 14.8 Å². The topological polar surface area (TPSA) is 87.2 Å². The number of benzene rings is 2. The average molecular weight is 475 g/mol. The highest BCUT2D eigenvalue weighted by Gasteiger charge is 2.38. The summed E-state index contributed by atoms with van der Waals surface area (Å²) in [5, 5.41) is 9.76. The van der Waals surface area contributed by atoms with Crippen LogP contribution in [0.2, 0.25) is 0 Å². The molecule has 8 heteroatoms. The molecule has 0 unspecified atom stereocenters. The standard InChI is InChI=1S/C25H34N2O5S/c1-6-25(29)26(5)15-23-18(3)14-27(19(4)16-28)33(30,31)24-12-11-20(13-22(24)32-23)21-10-8-7-9-17(21)2/h7-13,18-19,23,28H,6,14-16H2,1-5H3/t18-,19-,23-/m0/s1. The molecule has 2 aromatic carbocycles. The number of aliphatic hydroxyl groups excluding tert-OH is 1. The molecule has 0 fully saturated rings. The molecule has 0 aromatic heterocycles. The maximum Gasteiger partial charge on any atom is 0.247 e. The van der Waals surface area contributed by atoms with Crippen molar-refractivity contribution in [1.82, 2.24) is 9.21 Å². The Bertz CT molecular complexity index is 1100. The molecular formula is C25H34N2O5S. The third-order valence-corrected chi connectivity index (χ3v) is 8.32. The van der Waals surface area contributed by atoms with E-state index in [1.807, 2.05) is 45.0 Å². The van der Waals surface area contributed by atoms with Crippen LogP contribution in [-0.4, -0.2) is 67.5 Å². The fraction of sp³-hybridized carbons (Fsp3) is 0.480. The number of likely N-dealkylation sites (N-methyl/N-ethyl adjacent to an activating group) is 1. The molecule has 0 saturated carbocycles. The molecule has 1 heterocycles. The molecule has 0 saturated heterocycles. The van der Waals surface area contributed by atoms with Gasteiger partial charge in [0.05, 0.1) is 13.2 Å². The molecule has 3 rings (SSSR count). The first-order valence-corrected chi connectivity index (χ1v) is 12.8. The molecule has 0 radical (unpaired) electrons. The van der Waals surface area contributed by atoms with Gasteiger partial charge in [-0.1, -0.05) is 44.2 Å². The first-order valence-electron chi connectivity index (χ1n) is 11.3. The predicted octanol–water partition coefficient (Wildman–Crippen LogP) is 3.30. The Morgan fingerprint density at radius 2 is 1.97 bits per heavy atom. The van der Waals surface area contributed by atoms with E-state index in [2.05, 4.69) is 0 Å². The lowest BCUT2D eigenvalue weighted by Crippen LogP contribution is -2.50. The quantitative estimate of drug-likeness (QED) is 0.694. The minimum Gasteiger partial charge on any atom is -0.487 e. The number of ether oxygens (including phenoxy) is 1. The maximum absolute atomic E-state index is 13.6. The Balaban J connectivity index is 2.14. The number of amides is 1. The zero-order valence-corrected chi connectivity index (χ0v) is 20.8. The molecular weight excluding hydrogens is 440 g/mol. The smallest absolute Gasteiger partial charge is 0.247 e. The molecule has 1 aliphatic heterocycles. The molecule has 180 valence electrons. The van der Waals surface area contributed by atoms with Gasteiger partial charge in [-0.25, -0.2) is 8.42 Å². The molecule has 7 nitrogen and oxygen atoms in total. The molecule has 2 aromatic rings. The maximum atomic E-state index is 13.6. The Morgan fingerprint density at radius 1 is 1.27 bits per heavy atom. The van der Waals surface area contributed by atoms with E-state index in [-0.39, 0.29) is 35.6 Å². The molecule has 33 heavy (non-hydrogen) atoms. The second-order valence-electron chi connectivity index (χ2n) is 8.84. The average Bonchev–Trinajstić information content (AvgIpc) is 2.80. The van der Waals surface area contributed by atoms with E-state index in [1.54, 1.807) is 37.1 Å². The summed E-state index contributed by atoms with van der Waals surface area (Å²) in [6.45, 7) is 7.65. The number of carbonyl (C=O) groups is 1. The molecule has 0 aliphatic carbocycles. The number of nitrogens with zero attached hydrogens (tertiary/aromatic N) is 2. The van der Waals surface area contributed by atoms with E-state index in [9.17, 15) is 18.3 Å². The van der Waals surface area contributed by atoms with E-state index in [0.717, 1.165) is 16.7 Å². The van der Waals surface area contributed by atoms with Gasteiger partial charge in [-0.05, 0) is 42.7 Å². The lowest BCUT2D eigenvalue weighted by atomic mass is 10.00. The number of carbonyl (C=O) groups excluding carboxylic acids is 1. The largest absolute Gasteiger partial charge is 0.487 e. The number of aryl methyl sites for hydroxylation is 1. The minimum atomic E-state index is -3.90. The SMILES string of the molecule is CCC(=O)N(C)C[C@@H]1Oc2cc(-c3ccccc3C)ccc2S(=O)(=O)N([C@@H](C)CO)C[C@@H]1C. The fourth-order valence-electron chi connectivity index (χ4n) is 4.15. The van der Waals surface area contributed by atoms with Crippen molar-refractivity contribution in [2.75, 3.05) is 26.7 Å². The van der Waals surface area contributed by atoms with Crippen molar-refractivity contribution in [3.05, 3.63) is 48.0 Å². The van der Waals surface area contributed by atoms with Crippen LogP contribution in [0.4, 0.5) is 0 Å². The summed E-state index contributed by atoms with van der Waals surface area (Å²) in [4.78, 5) is 13.9. The van der Waals surface area contributed by atoms with E-state index >= 15 is 0 Å². The third-order valence-electron chi connectivity index (χ3n) is 6.31. The molecule has 0 bridgehead atoms. The molecule has 1 N–H and O–H groups in total. The van der Waals surface area contributed by atoms with Crippen LogP contribution in [0.25, 0.3) is 11.1 Å². The number of rotatable bonds is 6. The molecule has 3 atom stereocenters. The van der Waals surface area contributed by atoms with Gasteiger partial charge in [-0.2, -0.15) is 4.31 Å². The van der Waals surface area contributed by atoms with Gasteiger partial charge >= 0.3 is 0 Å². The van der Waals surface area contributed by atoms with Gasteiger partial charge in [-0.15, -0.1) is 0 Å². The summed E-state index contributed by atoms with van der Waals surface area (Å²) in [7, 11) is -2.17. The summed E-state index contributed by atoms with van der Waals surface area (Å²) < 4.78 is 34.9.